The predicted molar refractivity (Wildman–Crippen MR) is 144 cm³/mol. The van der Waals surface area contributed by atoms with Gasteiger partial charge in [0.05, 0.1) is 11.5 Å². The molecule has 1 N–H and O–H groups in total. The van der Waals surface area contributed by atoms with Crippen molar-refractivity contribution in [3.05, 3.63) is 82.1 Å². The number of phenols is 1. The molecular formula is C28H27BrN2O7. The van der Waals surface area contributed by atoms with E-state index in [9.17, 15) is 19.5 Å². The maximum Gasteiger partial charge on any atom is 0.345 e. The lowest BCUT2D eigenvalue weighted by atomic mass is 10.0. The summed E-state index contributed by atoms with van der Waals surface area (Å²) in [6.07, 6.45) is 4.47. The second-order valence-electron chi connectivity index (χ2n) is 8.59. The highest BCUT2D eigenvalue weighted by Crippen LogP contribution is 2.33. The molecular weight excluding hydrogens is 556 g/mol. The van der Waals surface area contributed by atoms with E-state index in [1.807, 2.05) is 0 Å². The molecule has 1 unspecified atom stereocenters. The molecule has 38 heavy (non-hydrogen) atoms. The molecule has 0 fully saturated rings. The number of pyridine rings is 1. The van der Waals surface area contributed by atoms with E-state index in [2.05, 4.69) is 25.9 Å². The second kappa shape index (κ2) is 13.6. The van der Waals surface area contributed by atoms with Crippen LogP contribution in [0.1, 0.15) is 35.3 Å². The number of methoxy groups -OCH3 is 1. The van der Waals surface area contributed by atoms with Crippen LogP contribution in [-0.4, -0.2) is 53.8 Å². The van der Waals surface area contributed by atoms with E-state index >= 15 is 0 Å². The fourth-order valence-electron chi connectivity index (χ4n) is 3.22. The van der Waals surface area contributed by atoms with Gasteiger partial charge in [-0.15, -0.1) is 0 Å². The number of hydrogen-bond donors (Lipinski definition) is 1. The Morgan fingerprint density at radius 2 is 1.84 bits per heavy atom. The lowest BCUT2D eigenvalue weighted by molar-refractivity contribution is -0.137. The van der Waals surface area contributed by atoms with Gasteiger partial charge in [-0.1, -0.05) is 41.9 Å². The van der Waals surface area contributed by atoms with E-state index in [-0.39, 0.29) is 53.3 Å². The molecule has 0 aliphatic carbocycles. The Bertz CT molecular complexity index is 1310. The molecule has 2 aromatic carbocycles. The highest BCUT2D eigenvalue weighted by atomic mass is 79.9. The minimum Gasteiger partial charge on any atom is -0.504 e. The minimum absolute atomic E-state index is 0.0824. The Hall–Kier alpha value is -3.89. The first-order valence-corrected chi connectivity index (χ1v) is 12.5. The number of ketones is 1. The molecule has 0 amide bonds. The highest BCUT2D eigenvalue weighted by molar-refractivity contribution is 9.10. The maximum absolute atomic E-state index is 12.7. The van der Waals surface area contributed by atoms with Gasteiger partial charge < -0.3 is 19.3 Å². The van der Waals surface area contributed by atoms with Crippen molar-refractivity contribution in [2.45, 2.75) is 26.3 Å². The van der Waals surface area contributed by atoms with Crippen molar-refractivity contribution >= 4 is 39.9 Å². The number of carbonyl (C=O) groups is 3. The van der Waals surface area contributed by atoms with Gasteiger partial charge in [0.1, 0.15) is 18.4 Å². The Kier molecular flexibility index (Phi) is 10.3. The number of esters is 2. The third-order valence-corrected chi connectivity index (χ3v) is 5.72. The summed E-state index contributed by atoms with van der Waals surface area (Å²) in [4.78, 5) is 45.3. The van der Waals surface area contributed by atoms with Crippen LogP contribution in [0.2, 0.25) is 0 Å². The largest absolute Gasteiger partial charge is 0.504 e. The molecule has 0 radical (unpaired) electrons. The van der Waals surface area contributed by atoms with Crippen LogP contribution in [0, 0.1) is 5.92 Å². The van der Waals surface area contributed by atoms with Crippen molar-refractivity contribution in [3.8, 4) is 17.2 Å². The molecule has 0 aliphatic heterocycles. The van der Waals surface area contributed by atoms with Crippen molar-refractivity contribution in [3.63, 3.8) is 0 Å². The van der Waals surface area contributed by atoms with Crippen LogP contribution in [0.25, 0.3) is 0 Å². The quantitative estimate of drug-likeness (QED) is 0.198. The van der Waals surface area contributed by atoms with Crippen molar-refractivity contribution in [2.24, 2.45) is 10.9 Å². The molecule has 0 saturated carbocycles. The number of aromatic hydroxyl groups is 1. The van der Waals surface area contributed by atoms with Gasteiger partial charge in [-0.05, 0) is 42.0 Å². The first kappa shape index (κ1) is 28.7. The number of carbonyl (C=O) groups excluding carboxylic acids is 3. The van der Waals surface area contributed by atoms with E-state index in [0.717, 1.165) is 5.56 Å². The van der Waals surface area contributed by atoms with Gasteiger partial charge in [0.25, 0.3) is 0 Å². The molecule has 0 aliphatic rings. The number of benzene rings is 2. The number of ether oxygens (including phenoxy) is 3. The van der Waals surface area contributed by atoms with Gasteiger partial charge >= 0.3 is 11.9 Å². The van der Waals surface area contributed by atoms with Crippen LogP contribution < -0.4 is 9.47 Å². The lowest BCUT2D eigenvalue weighted by Crippen LogP contribution is -2.25. The first-order chi connectivity index (χ1) is 18.2. The number of aliphatic imine (C=N–C) groups is 1. The molecule has 1 atom stereocenters. The Balaban J connectivity index is 1.80. The number of Topliss-reactive ketones (excluding diaryl/α,β-unsaturated/α-hetero) is 1. The summed E-state index contributed by atoms with van der Waals surface area (Å²) in [5.41, 5.74) is 1.24. The molecule has 198 valence electrons. The zero-order valence-corrected chi connectivity index (χ0v) is 22.7. The van der Waals surface area contributed by atoms with E-state index in [0.29, 0.717) is 10.2 Å². The Labute approximate surface area is 228 Å². The number of rotatable bonds is 11. The summed E-state index contributed by atoms with van der Waals surface area (Å²) in [5.74, 6) is -1.54. The average Bonchev–Trinajstić information content (AvgIpc) is 2.90. The standard InChI is InChI=1S/C28H27BrN2O7/c1-17(2)27(34)37-22-8-6-18(7-9-22)11-23(24(32)16-36-3)31-15-20-12-21(29)13-25(26(20)33)38-28(35)19-5-4-10-30-14-19/h4-10,12-15,17,23,33H,11,16H2,1-3H3. The number of halogens is 1. The van der Waals surface area contributed by atoms with E-state index in [1.54, 1.807) is 56.3 Å². The fraction of sp³-hybridized carbons (Fsp3) is 0.250. The molecule has 3 aromatic rings. The first-order valence-electron chi connectivity index (χ1n) is 11.7. The van der Waals surface area contributed by atoms with Crippen LogP contribution in [0.3, 0.4) is 0 Å². The van der Waals surface area contributed by atoms with Crippen LogP contribution in [0.5, 0.6) is 17.2 Å². The minimum atomic E-state index is -0.821. The van der Waals surface area contributed by atoms with Gasteiger partial charge in [0.15, 0.2) is 17.3 Å². The third-order valence-electron chi connectivity index (χ3n) is 5.26. The normalized spacial score (nSPS) is 11.9. The number of phenolic OH excluding ortho intramolecular Hbond substituents is 1. The average molecular weight is 583 g/mol. The van der Waals surface area contributed by atoms with Crippen LogP contribution in [0.4, 0.5) is 0 Å². The van der Waals surface area contributed by atoms with Gasteiger partial charge in [0.2, 0.25) is 0 Å². The molecule has 10 heteroatoms. The van der Waals surface area contributed by atoms with Gasteiger partial charge in [-0.25, -0.2) is 4.79 Å². The summed E-state index contributed by atoms with van der Waals surface area (Å²) < 4.78 is 16.2. The van der Waals surface area contributed by atoms with Crippen molar-refractivity contribution < 1.29 is 33.7 Å². The molecule has 1 heterocycles. The molecule has 0 saturated heterocycles. The molecule has 0 spiro atoms. The monoisotopic (exact) mass is 582 g/mol. The van der Waals surface area contributed by atoms with Crippen LogP contribution >= 0.6 is 15.9 Å². The summed E-state index contributed by atoms with van der Waals surface area (Å²) >= 11 is 3.34. The lowest BCUT2D eigenvalue weighted by Gasteiger charge is -2.13. The smallest absolute Gasteiger partial charge is 0.345 e. The molecule has 3 rings (SSSR count). The second-order valence-corrected chi connectivity index (χ2v) is 9.51. The van der Waals surface area contributed by atoms with Crippen molar-refractivity contribution in [1.82, 2.24) is 4.98 Å². The third kappa shape index (κ3) is 8.06. The van der Waals surface area contributed by atoms with Crippen LogP contribution in [-0.2, 0) is 20.7 Å². The number of aromatic nitrogens is 1. The number of nitrogens with zero attached hydrogens (tertiary/aromatic N) is 2. The van der Waals surface area contributed by atoms with E-state index in [4.69, 9.17) is 14.2 Å². The molecule has 9 nitrogen and oxygen atoms in total. The van der Waals surface area contributed by atoms with Crippen molar-refractivity contribution in [1.29, 1.82) is 0 Å². The van der Waals surface area contributed by atoms with Crippen LogP contribution in [0.15, 0.2) is 70.4 Å². The summed E-state index contributed by atoms with van der Waals surface area (Å²) in [7, 11) is 1.42. The van der Waals surface area contributed by atoms with E-state index < -0.39 is 12.0 Å². The zero-order chi connectivity index (χ0) is 27.7. The summed E-state index contributed by atoms with van der Waals surface area (Å²) in [6, 6.07) is 12.1. The molecule has 0 bridgehead atoms. The Morgan fingerprint density at radius 1 is 1.11 bits per heavy atom. The van der Waals surface area contributed by atoms with Gasteiger partial charge in [-0.2, -0.15) is 0 Å². The summed E-state index contributed by atoms with van der Waals surface area (Å²) in [5, 5.41) is 10.7. The Morgan fingerprint density at radius 3 is 2.47 bits per heavy atom. The highest BCUT2D eigenvalue weighted by Gasteiger charge is 2.19. The van der Waals surface area contributed by atoms with E-state index in [1.165, 1.54) is 31.8 Å². The predicted octanol–water partition coefficient (Wildman–Crippen LogP) is 4.58. The fourth-order valence-corrected chi connectivity index (χ4v) is 3.68. The SMILES string of the molecule is COCC(=O)C(Cc1ccc(OC(=O)C(C)C)cc1)N=Cc1cc(Br)cc(OC(=O)c2cccnc2)c1O. The van der Waals surface area contributed by atoms with Gasteiger partial charge in [-0.3, -0.25) is 19.6 Å². The van der Waals surface area contributed by atoms with Crippen molar-refractivity contribution in [2.75, 3.05) is 13.7 Å². The zero-order valence-electron chi connectivity index (χ0n) is 21.1. The number of hydrogen-bond acceptors (Lipinski definition) is 9. The molecule has 1 aromatic heterocycles. The summed E-state index contributed by atoms with van der Waals surface area (Å²) in [6.45, 7) is 3.35. The topological polar surface area (TPSA) is 124 Å². The van der Waals surface area contributed by atoms with Gasteiger partial charge in [0, 0.05) is 42.2 Å². The maximum atomic E-state index is 12.7.